The van der Waals surface area contributed by atoms with Crippen molar-refractivity contribution in [3.63, 3.8) is 0 Å². The van der Waals surface area contributed by atoms with Crippen LogP contribution in [0.5, 0.6) is 0 Å². The molecule has 2 fully saturated rings. The maximum Gasteiger partial charge on any atom is 0.106 e. The first kappa shape index (κ1) is 16.8. The molecule has 21 heavy (non-hydrogen) atoms. The van der Waals surface area contributed by atoms with Gasteiger partial charge in [0.05, 0.1) is 6.07 Å². The predicted octanol–water partition coefficient (Wildman–Crippen LogP) is 3.70. The third kappa shape index (κ3) is 4.69. The van der Waals surface area contributed by atoms with E-state index in [9.17, 15) is 5.26 Å². The van der Waals surface area contributed by atoms with Gasteiger partial charge in [0.15, 0.2) is 0 Å². The normalized spacial score (nSPS) is 25.2. The van der Waals surface area contributed by atoms with Crippen LogP contribution in [0.4, 0.5) is 0 Å². The van der Waals surface area contributed by atoms with Gasteiger partial charge in [-0.25, -0.2) is 0 Å². The maximum absolute atomic E-state index is 9.56. The van der Waals surface area contributed by atoms with Gasteiger partial charge in [-0.1, -0.05) is 27.2 Å². The van der Waals surface area contributed by atoms with Crippen LogP contribution in [-0.4, -0.2) is 36.1 Å². The smallest absolute Gasteiger partial charge is 0.106 e. The highest BCUT2D eigenvalue weighted by molar-refractivity contribution is 5.09. The molecule has 0 spiro atoms. The molecule has 1 atom stereocenters. The lowest BCUT2D eigenvalue weighted by molar-refractivity contribution is 0.111. The first-order valence-electron chi connectivity index (χ1n) is 8.96. The average Bonchev–Trinajstić information content (AvgIpc) is 3.32. The van der Waals surface area contributed by atoms with E-state index in [-0.39, 0.29) is 5.54 Å². The summed E-state index contributed by atoms with van der Waals surface area (Å²) in [7, 11) is 0. The number of nitrogens with one attached hydrogen (secondary N) is 1. The number of hydrogen-bond donors (Lipinski definition) is 1. The van der Waals surface area contributed by atoms with E-state index < -0.39 is 0 Å². The molecule has 0 aromatic carbocycles. The van der Waals surface area contributed by atoms with E-state index in [2.05, 4.69) is 37.1 Å². The zero-order chi connectivity index (χ0) is 15.3. The fraction of sp³-hybridized carbons (Fsp3) is 0.944. The van der Waals surface area contributed by atoms with Gasteiger partial charge in [0.25, 0.3) is 0 Å². The molecule has 120 valence electrons. The summed E-state index contributed by atoms with van der Waals surface area (Å²) in [5, 5.41) is 13.1. The van der Waals surface area contributed by atoms with Gasteiger partial charge in [0, 0.05) is 6.04 Å². The molecule has 3 heteroatoms. The Morgan fingerprint density at radius 3 is 2.43 bits per heavy atom. The molecule has 2 aliphatic rings. The molecule has 0 aromatic rings. The summed E-state index contributed by atoms with van der Waals surface area (Å²) in [6.45, 7) is 10.5. The SMILES string of the molecule is CCC1(C)CCN(CCCC(C#N)(CC)NC2CC2)CC1. The molecule has 1 N–H and O–H groups in total. The molecule has 0 radical (unpaired) electrons. The Balaban J connectivity index is 1.72. The number of nitriles is 1. The highest BCUT2D eigenvalue weighted by Gasteiger charge is 2.35. The number of hydrogen-bond acceptors (Lipinski definition) is 3. The lowest BCUT2D eigenvalue weighted by atomic mass is 9.78. The Morgan fingerprint density at radius 2 is 1.95 bits per heavy atom. The molecule has 1 unspecified atom stereocenters. The van der Waals surface area contributed by atoms with Crippen molar-refractivity contribution in [3.05, 3.63) is 0 Å². The van der Waals surface area contributed by atoms with E-state index in [4.69, 9.17) is 0 Å². The molecule has 1 aliphatic heterocycles. The standard InChI is InChI=1S/C18H33N3/c1-4-17(3)10-13-21(14-11-17)12-6-9-18(5-2,15-19)20-16-7-8-16/h16,20H,4-14H2,1-3H3. The van der Waals surface area contributed by atoms with Crippen molar-refractivity contribution in [2.24, 2.45) is 5.41 Å². The molecule has 1 aliphatic carbocycles. The highest BCUT2D eigenvalue weighted by Crippen LogP contribution is 2.34. The fourth-order valence-electron chi connectivity index (χ4n) is 3.41. The zero-order valence-electron chi connectivity index (χ0n) is 14.2. The summed E-state index contributed by atoms with van der Waals surface area (Å²) in [5.74, 6) is 0. The van der Waals surface area contributed by atoms with Crippen LogP contribution in [0.25, 0.3) is 0 Å². The van der Waals surface area contributed by atoms with Crippen molar-refractivity contribution >= 4 is 0 Å². The van der Waals surface area contributed by atoms with E-state index in [1.807, 2.05) is 0 Å². The van der Waals surface area contributed by atoms with Gasteiger partial charge in [-0.3, -0.25) is 5.32 Å². The third-order valence-electron chi connectivity index (χ3n) is 5.87. The van der Waals surface area contributed by atoms with E-state index >= 15 is 0 Å². The predicted molar refractivity (Wildman–Crippen MR) is 88.1 cm³/mol. The first-order valence-corrected chi connectivity index (χ1v) is 8.96. The van der Waals surface area contributed by atoms with Gasteiger partial charge in [-0.2, -0.15) is 5.26 Å². The van der Waals surface area contributed by atoms with Crippen molar-refractivity contribution in [2.45, 2.75) is 83.7 Å². The number of rotatable bonds is 8. The molecular formula is C18H33N3. The van der Waals surface area contributed by atoms with Gasteiger partial charge >= 0.3 is 0 Å². The Labute approximate surface area is 131 Å². The molecule has 3 nitrogen and oxygen atoms in total. The molecule has 0 amide bonds. The Bertz CT molecular complexity index is 361. The Hall–Kier alpha value is -0.590. The number of piperidine rings is 1. The third-order valence-corrected chi connectivity index (χ3v) is 5.87. The van der Waals surface area contributed by atoms with Gasteiger partial charge in [0.1, 0.15) is 5.54 Å². The van der Waals surface area contributed by atoms with Crippen molar-refractivity contribution in [1.29, 1.82) is 5.26 Å². The van der Waals surface area contributed by atoms with Gasteiger partial charge < -0.3 is 4.90 Å². The quantitative estimate of drug-likeness (QED) is 0.741. The molecule has 2 rings (SSSR count). The minimum atomic E-state index is -0.269. The molecule has 1 saturated carbocycles. The van der Waals surface area contributed by atoms with Crippen molar-refractivity contribution in [3.8, 4) is 6.07 Å². The lowest BCUT2D eigenvalue weighted by Gasteiger charge is -2.39. The van der Waals surface area contributed by atoms with Gasteiger partial charge in [-0.15, -0.1) is 0 Å². The molecule has 1 heterocycles. The van der Waals surface area contributed by atoms with E-state index in [0.29, 0.717) is 11.5 Å². The van der Waals surface area contributed by atoms with Crippen LogP contribution in [0.2, 0.25) is 0 Å². The second-order valence-corrected chi connectivity index (χ2v) is 7.58. The number of nitrogens with zero attached hydrogens (tertiary/aromatic N) is 2. The monoisotopic (exact) mass is 291 g/mol. The molecule has 1 saturated heterocycles. The van der Waals surface area contributed by atoms with Crippen LogP contribution in [0.15, 0.2) is 0 Å². The fourth-order valence-corrected chi connectivity index (χ4v) is 3.41. The molecule has 0 aromatic heterocycles. The average molecular weight is 291 g/mol. The Morgan fingerprint density at radius 1 is 1.29 bits per heavy atom. The minimum Gasteiger partial charge on any atom is -0.303 e. The topological polar surface area (TPSA) is 39.1 Å². The van der Waals surface area contributed by atoms with Crippen molar-refractivity contribution in [1.82, 2.24) is 10.2 Å². The van der Waals surface area contributed by atoms with Crippen LogP contribution in [0.3, 0.4) is 0 Å². The molecular weight excluding hydrogens is 258 g/mol. The van der Waals surface area contributed by atoms with Crippen LogP contribution >= 0.6 is 0 Å². The summed E-state index contributed by atoms with van der Waals surface area (Å²) in [6, 6.07) is 3.18. The van der Waals surface area contributed by atoms with Crippen LogP contribution in [0, 0.1) is 16.7 Å². The van der Waals surface area contributed by atoms with Crippen molar-refractivity contribution in [2.75, 3.05) is 19.6 Å². The van der Waals surface area contributed by atoms with Gasteiger partial charge in [-0.05, 0) is 70.0 Å². The summed E-state index contributed by atoms with van der Waals surface area (Å²) < 4.78 is 0. The summed E-state index contributed by atoms with van der Waals surface area (Å²) >= 11 is 0. The maximum atomic E-state index is 9.56. The second kappa shape index (κ2) is 7.11. The summed E-state index contributed by atoms with van der Waals surface area (Å²) in [5.41, 5.74) is 0.304. The number of likely N-dealkylation sites (tertiary alicyclic amines) is 1. The summed E-state index contributed by atoms with van der Waals surface area (Å²) in [4.78, 5) is 2.60. The Kier molecular flexibility index (Phi) is 5.68. The van der Waals surface area contributed by atoms with Crippen LogP contribution in [-0.2, 0) is 0 Å². The largest absolute Gasteiger partial charge is 0.303 e. The summed E-state index contributed by atoms with van der Waals surface area (Å²) in [6.07, 6.45) is 9.55. The zero-order valence-corrected chi connectivity index (χ0v) is 14.2. The van der Waals surface area contributed by atoms with E-state index in [1.165, 1.54) is 45.2 Å². The first-order chi connectivity index (χ1) is 10.0. The van der Waals surface area contributed by atoms with Gasteiger partial charge in [0.2, 0.25) is 0 Å². The molecule has 0 bridgehead atoms. The lowest BCUT2D eigenvalue weighted by Crippen LogP contribution is -2.45. The van der Waals surface area contributed by atoms with Crippen molar-refractivity contribution < 1.29 is 0 Å². The van der Waals surface area contributed by atoms with Crippen LogP contribution in [0.1, 0.15) is 72.1 Å². The van der Waals surface area contributed by atoms with Crippen LogP contribution < -0.4 is 5.32 Å². The minimum absolute atomic E-state index is 0.269. The van der Waals surface area contributed by atoms with E-state index in [1.54, 1.807) is 0 Å². The second-order valence-electron chi connectivity index (χ2n) is 7.58. The van der Waals surface area contributed by atoms with E-state index in [0.717, 1.165) is 25.8 Å². The highest BCUT2D eigenvalue weighted by atomic mass is 15.1.